The van der Waals surface area contributed by atoms with Crippen molar-refractivity contribution in [3.8, 4) is 0 Å². The summed E-state index contributed by atoms with van der Waals surface area (Å²) in [7, 11) is 0. The maximum absolute atomic E-state index is 13.5. The summed E-state index contributed by atoms with van der Waals surface area (Å²) in [5, 5.41) is 0. The molecule has 0 radical (unpaired) electrons. The molecule has 4 saturated carbocycles. The Labute approximate surface area is 153 Å². The SMILES string of the molecule is C/C=C1/CCC2C3CCC4CCC(OCC)CC4(C)C3C(=O)CC12C. The highest BCUT2D eigenvalue weighted by Gasteiger charge is 2.62. The molecule has 2 heteroatoms. The summed E-state index contributed by atoms with van der Waals surface area (Å²) in [6, 6.07) is 0. The lowest BCUT2D eigenvalue weighted by Crippen LogP contribution is -2.57. The highest BCUT2D eigenvalue weighted by molar-refractivity contribution is 5.85. The van der Waals surface area contributed by atoms with Gasteiger partial charge in [0.2, 0.25) is 0 Å². The van der Waals surface area contributed by atoms with Crippen molar-refractivity contribution in [2.24, 2.45) is 34.5 Å². The van der Waals surface area contributed by atoms with E-state index in [0.29, 0.717) is 23.7 Å². The van der Waals surface area contributed by atoms with Gasteiger partial charge >= 0.3 is 0 Å². The lowest BCUT2D eigenvalue weighted by atomic mass is 9.44. The second kappa shape index (κ2) is 6.22. The number of rotatable bonds is 2. The van der Waals surface area contributed by atoms with Gasteiger partial charge in [-0.15, -0.1) is 0 Å². The van der Waals surface area contributed by atoms with Gasteiger partial charge < -0.3 is 4.74 Å². The molecule has 0 aromatic carbocycles. The van der Waals surface area contributed by atoms with E-state index in [1.54, 1.807) is 5.57 Å². The van der Waals surface area contributed by atoms with E-state index in [1.807, 2.05) is 0 Å². The van der Waals surface area contributed by atoms with Crippen molar-refractivity contribution in [3.05, 3.63) is 11.6 Å². The third kappa shape index (κ3) is 2.50. The summed E-state index contributed by atoms with van der Waals surface area (Å²) < 4.78 is 6.03. The third-order valence-electron chi connectivity index (χ3n) is 8.86. The molecule has 0 aromatic rings. The molecule has 0 spiro atoms. The maximum atomic E-state index is 13.5. The Kier molecular flexibility index (Phi) is 4.42. The molecule has 0 bridgehead atoms. The van der Waals surface area contributed by atoms with Crippen LogP contribution in [0.5, 0.6) is 0 Å². The quantitative estimate of drug-likeness (QED) is 0.613. The van der Waals surface area contributed by atoms with Gasteiger partial charge in [0.25, 0.3) is 0 Å². The smallest absolute Gasteiger partial charge is 0.137 e. The molecule has 2 nitrogen and oxygen atoms in total. The van der Waals surface area contributed by atoms with Crippen molar-refractivity contribution < 1.29 is 9.53 Å². The molecule has 0 aromatic heterocycles. The van der Waals surface area contributed by atoms with Gasteiger partial charge in [-0.2, -0.15) is 0 Å². The number of ether oxygens (including phenoxy) is 1. The van der Waals surface area contributed by atoms with Crippen molar-refractivity contribution in [2.75, 3.05) is 6.61 Å². The van der Waals surface area contributed by atoms with Crippen molar-refractivity contribution in [2.45, 2.75) is 85.2 Å². The number of carbonyl (C=O) groups is 1. The largest absolute Gasteiger partial charge is 0.378 e. The van der Waals surface area contributed by atoms with Gasteiger partial charge in [0, 0.05) is 18.9 Å². The van der Waals surface area contributed by atoms with Gasteiger partial charge in [-0.05, 0) is 87.4 Å². The molecule has 0 heterocycles. The topological polar surface area (TPSA) is 26.3 Å². The van der Waals surface area contributed by atoms with Crippen LogP contribution in [-0.2, 0) is 9.53 Å². The van der Waals surface area contributed by atoms with E-state index in [2.05, 4.69) is 33.8 Å². The number of fused-ring (bicyclic) bond motifs is 5. The molecular weight excluding hydrogens is 308 g/mol. The maximum Gasteiger partial charge on any atom is 0.137 e. The van der Waals surface area contributed by atoms with Crippen LogP contribution in [0.4, 0.5) is 0 Å². The van der Waals surface area contributed by atoms with E-state index in [9.17, 15) is 4.79 Å². The Morgan fingerprint density at radius 2 is 1.92 bits per heavy atom. The average molecular weight is 345 g/mol. The Bertz CT molecular complexity index is 579. The van der Waals surface area contributed by atoms with Crippen molar-refractivity contribution in [1.82, 2.24) is 0 Å². The molecule has 0 saturated heterocycles. The summed E-state index contributed by atoms with van der Waals surface area (Å²) >= 11 is 0. The lowest BCUT2D eigenvalue weighted by molar-refractivity contribution is -0.160. The standard InChI is InChI=1S/C23H36O2/c1-5-15-9-12-19-18-11-8-16-7-10-17(25-6-2)13-23(16,4)21(18)20(24)14-22(15,19)3/h5,16-19,21H,6-14H2,1-4H3/b15-5-. The number of hydrogen-bond acceptors (Lipinski definition) is 2. The van der Waals surface area contributed by atoms with E-state index in [4.69, 9.17) is 4.74 Å². The summed E-state index contributed by atoms with van der Waals surface area (Å²) in [5.41, 5.74) is 1.90. The first-order chi connectivity index (χ1) is 11.9. The van der Waals surface area contributed by atoms with Crippen LogP contribution in [-0.4, -0.2) is 18.5 Å². The minimum atomic E-state index is 0.157. The van der Waals surface area contributed by atoms with Gasteiger partial charge in [-0.3, -0.25) is 4.79 Å². The zero-order valence-corrected chi connectivity index (χ0v) is 16.6. The fourth-order valence-corrected chi connectivity index (χ4v) is 7.83. The van der Waals surface area contributed by atoms with Crippen LogP contribution in [0.15, 0.2) is 11.6 Å². The molecule has 7 unspecified atom stereocenters. The summed E-state index contributed by atoms with van der Waals surface area (Å²) in [5.74, 6) is 2.96. The predicted octanol–water partition coefficient (Wildman–Crippen LogP) is 5.56. The normalized spacial score (nSPS) is 51.1. The van der Waals surface area contributed by atoms with Crippen LogP contribution in [0, 0.1) is 34.5 Å². The number of ketones is 1. The van der Waals surface area contributed by atoms with E-state index in [-0.39, 0.29) is 10.8 Å². The molecule has 4 rings (SSSR count). The molecule has 25 heavy (non-hydrogen) atoms. The zero-order valence-electron chi connectivity index (χ0n) is 16.6. The van der Waals surface area contributed by atoms with Crippen molar-refractivity contribution in [1.29, 1.82) is 0 Å². The van der Waals surface area contributed by atoms with Crippen LogP contribution < -0.4 is 0 Å². The molecule has 4 aliphatic rings. The van der Waals surface area contributed by atoms with Gasteiger partial charge in [-0.1, -0.05) is 25.5 Å². The number of hydrogen-bond donors (Lipinski definition) is 0. The van der Waals surface area contributed by atoms with E-state index < -0.39 is 0 Å². The molecule has 7 atom stereocenters. The Hall–Kier alpha value is -0.630. The summed E-state index contributed by atoms with van der Waals surface area (Å²) in [6.07, 6.45) is 12.2. The van der Waals surface area contributed by atoms with Crippen LogP contribution >= 0.6 is 0 Å². The monoisotopic (exact) mass is 344 g/mol. The first kappa shape index (κ1) is 17.8. The fraction of sp³-hybridized carbons (Fsp3) is 0.870. The van der Waals surface area contributed by atoms with Crippen molar-refractivity contribution >= 4 is 5.78 Å². The number of allylic oxidation sites excluding steroid dienone is 2. The molecular formula is C23H36O2. The van der Waals surface area contributed by atoms with E-state index in [1.165, 1.54) is 38.5 Å². The lowest BCUT2D eigenvalue weighted by Gasteiger charge is -2.59. The van der Waals surface area contributed by atoms with E-state index >= 15 is 0 Å². The van der Waals surface area contributed by atoms with Gasteiger partial charge in [-0.25, -0.2) is 0 Å². The molecule has 140 valence electrons. The number of carbonyl (C=O) groups excluding carboxylic acids is 1. The minimum Gasteiger partial charge on any atom is -0.378 e. The Balaban J connectivity index is 1.67. The van der Waals surface area contributed by atoms with Crippen LogP contribution in [0.2, 0.25) is 0 Å². The van der Waals surface area contributed by atoms with Crippen LogP contribution in [0.25, 0.3) is 0 Å². The summed E-state index contributed by atoms with van der Waals surface area (Å²) in [6.45, 7) is 9.93. The highest BCUT2D eigenvalue weighted by atomic mass is 16.5. The first-order valence-corrected chi connectivity index (χ1v) is 10.7. The third-order valence-corrected chi connectivity index (χ3v) is 8.86. The summed E-state index contributed by atoms with van der Waals surface area (Å²) in [4.78, 5) is 13.5. The van der Waals surface area contributed by atoms with Crippen LogP contribution in [0.1, 0.15) is 79.1 Å². The average Bonchev–Trinajstić information content (AvgIpc) is 2.89. The predicted molar refractivity (Wildman–Crippen MR) is 101 cm³/mol. The highest BCUT2D eigenvalue weighted by Crippen LogP contribution is 2.66. The van der Waals surface area contributed by atoms with Crippen molar-refractivity contribution in [3.63, 3.8) is 0 Å². The Morgan fingerprint density at radius 3 is 2.64 bits per heavy atom. The fourth-order valence-electron chi connectivity index (χ4n) is 7.83. The second-order valence-electron chi connectivity index (χ2n) is 9.80. The van der Waals surface area contributed by atoms with E-state index in [0.717, 1.165) is 31.3 Å². The zero-order chi connectivity index (χ0) is 17.8. The second-order valence-corrected chi connectivity index (χ2v) is 9.80. The number of Topliss-reactive ketones (excluding diaryl/α,β-unsaturated/α-hetero) is 1. The molecule has 0 aliphatic heterocycles. The molecule has 0 amide bonds. The Morgan fingerprint density at radius 1 is 1.16 bits per heavy atom. The van der Waals surface area contributed by atoms with Crippen LogP contribution in [0.3, 0.4) is 0 Å². The first-order valence-electron chi connectivity index (χ1n) is 10.7. The minimum absolute atomic E-state index is 0.157. The molecule has 4 fully saturated rings. The van der Waals surface area contributed by atoms with Gasteiger partial charge in [0.1, 0.15) is 5.78 Å². The van der Waals surface area contributed by atoms with Gasteiger partial charge in [0.05, 0.1) is 6.10 Å². The molecule has 0 N–H and O–H groups in total. The molecule has 4 aliphatic carbocycles. The van der Waals surface area contributed by atoms with Gasteiger partial charge in [0.15, 0.2) is 0 Å².